The first-order valence-corrected chi connectivity index (χ1v) is 6.64. The van der Waals surface area contributed by atoms with Crippen molar-refractivity contribution in [1.29, 1.82) is 0 Å². The number of aliphatic imine (C=N–C) groups is 2. The molecule has 6 heteroatoms. The molecule has 0 saturated carbocycles. The molecule has 2 aromatic rings. The van der Waals surface area contributed by atoms with Gasteiger partial charge in [-0.1, -0.05) is 46.4 Å². The van der Waals surface area contributed by atoms with Crippen LogP contribution in [-0.2, 0) is 0 Å². The van der Waals surface area contributed by atoms with E-state index in [1.807, 2.05) is 0 Å². The minimum atomic E-state index is 0.428. The van der Waals surface area contributed by atoms with Crippen molar-refractivity contribution in [3.63, 3.8) is 0 Å². The monoisotopic (exact) mass is 330 g/mol. The summed E-state index contributed by atoms with van der Waals surface area (Å²) in [6, 6.07) is 12.4. The van der Waals surface area contributed by atoms with E-state index >= 15 is 0 Å². The first-order chi connectivity index (χ1) is 9.06. The Hall–Kier alpha value is -1.02. The summed E-state index contributed by atoms with van der Waals surface area (Å²) < 4.78 is 0. The molecular formula is C13H6Cl4N2. The van der Waals surface area contributed by atoms with Crippen molar-refractivity contribution in [1.82, 2.24) is 0 Å². The molecule has 0 aromatic heterocycles. The van der Waals surface area contributed by atoms with Gasteiger partial charge in [-0.3, -0.25) is 0 Å². The van der Waals surface area contributed by atoms with E-state index in [1.54, 1.807) is 36.4 Å². The summed E-state index contributed by atoms with van der Waals surface area (Å²) in [6.45, 7) is 0. The van der Waals surface area contributed by atoms with Crippen molar-refractivity contribution >= 4 is 63.8 Å². The van der Waals surface area contributed by atoms with Gasteiger partial charge in [-0.25, -0.2) is 0 Å². The highest BCUT2D eigenvalue weighted by Gasteiger charge is 1.99. The van der Waals surface area contributed by atoms with E-state index in [9.17, 15) is 0 Å². The predicted octanol–water partition coefficient (Wildman–Crippen LogP) is 6.44. The molecule has 0 unspecified atom stereocenters. The highest BCUT2D eigenvalue weighted by molar-refractivity contribution is 6.36. The second kappa shape index (κ2) is 6.42. The van der Waals surface area contributed by atoms with E-state index < -0.39 is 0 Å². The van der Waals surface area contributed by atoms with E-state index in [2.05, 4.69) is 16.0 Å². The van der Waals surface area contributed by atoms with Gasteiger partial charge in [0.2, 0.25) is 0 Å². The molecule has 0 aliphatic carbocycles. The van der Waals surface area contributed by atoms with Crippen LogP contribution in [0.15, 0.2) is 46.4 Å². The standard InChI is InChI=1S/C13H6Cl4N2/c14-8-1-3-12(10(16)5-8)18-7-19-13-4-2-9(15)6-11(13)17/h1-6H. The van der Waals surface area contributed by atoms with Gasteiger partial charge in [0.1, 0.15) is 6.01 Å². The van der Waals surface area contributed by atoms with Gasteiger partial charge in [0.25, 0.3) is 0 Å². The molecule has 2 rings (SSSR count). The molecule has 96 valence electrons. The quantitative estimate of drug-likeness (QED) is 0.566. The lowest BCUT2D eigenvalue weighted by atomic mass is 10.3. The number of halogens is 4. The topological polar surface area (TPSA) is 24.7 Å². The van der Waals surface area contributed by atoms with E-state index in [-0.39, 0.29) is 0 Å². The lowest BCUT2D eigenvalue weighted by Crippen LogP contribution is -1.70. The van der Waals surface area contributed by atoms with Gasteiger partial charge >= 0.3 is 0 Å². The van der Waals surface area contributed by atoms with Crippen molar-refractivity contribution in [3.8, 4) is 0 Å². The SMILES string of the molecule is Clc1ccc(N=C=Nc2ccc(Cl)cc2Cl)c(Cl)c1. The van der Waals surface area contributed by atoms with Crippen LogP contribution in [-0.4, -0.2) is 6.01 Å². The maximum absolute atomic E-state index is 5.96. The Kier molecular flexibility index (Phi) is 4.87. The molecule has 0 aliphatic rings. The van der Waals surface area contributed by atoms with Crippen LogP contribution in [0.5, 0.6) is 0 Å². The molecule has 0 bridgehead atoms. The van der Waals surface area contributed by atoms with Crippen LogP contribution in [0, 0.1) is 0 Å². The third-order valence-electron chi connectivity index (χ3n) is 2.16. The zero-order valence-electron chi connectivity index (χ0n) is 9.37. The van der Waals surface area contributed by atoms with E-state index in [1.165, 1.54) is 0 Å². The van der Waals surface area contributed by atoms with Crippen LogP contribution in [0.3, 0.4) is 0 Å². The van der Waals surface area contributed by atoms with Crippen LogP contribution in [0.1, 0.15) is 0 Å². The first kappa shape index (κ1) is 14.4. The zero-order valence-corrected chi connectivity index (χ0v) is 12.4. The van der Waals surface area contributed by atoms with Crippen molar-refractivity contribution in [2.24, 2.45) is 9.98 Å². The molecule has 0 heterocycles. The molecule has 2 nitrogen and oxygen atoms in total. The molecular weight excluding hydrogens is 326 g/mol. The minimum absolute atomic E-state index is 0.428. The Morgan fingerprint density at radius 1 is 0.684 bits per heavy atom. The normalized spacial score (nSPS) is 9.89. The van der Waals surface area contributed by atoms with E-state index in [4.69, 9.17) is 46.4 Å². The van der Waals surface area contributed by atoms with Crippen molar-refractivity contribution in [2.45, 2.75) is 0 Å². The first-order valence-electron chi connectivity index (χ1n) is 5.13. The van der Waals surface area contributed by atoms with Crippen molar-refractivity contribution < 1.29 is 0 Å². The van der Waals surface area contributed by atoms with Crippen LogP contribution in [0.25, 0.3) is 0 Å². The number of hydrogen-bond donors (Lipinski definition) is 0. The molecule has 0 radical (unpaired) electrons. The van der Waals surface area contributed by atoms with Gasteiger partial charge < -0.3 is 0 Å². The summed E-state index contributed by atoms with van der Waals surface area (Å²) in [5.41, 5.74) is 1.06. The Labute approximate surface area is 130 Å². The third kappa shape index (κ3) is 3.97. The largest absolute Gasteiger partial charge is 0.186 e. The Bertz CT molecular complexity index is 621. The summed E-state index contributed by atoms with van der Waals surface area (Å²) in [5, 5.41) is 1.94. The summed E-state index contributed by atoms with van der Waals surface area (Å²) in [5.74, 6) is 0. The number of hydrogen-bond acceptors (Lipinski definition) is 2. The van der Waals surface area contributed by atoms with Gasteiger partial charge in [-0.2, -0.15) is 9.98 Å². The summed E-state index contributed by atoms with van der Waals surface area (Å²) in [7, 11) is 0. The van der Waals surface area contributed by atoms with Gasteiger partial charge in [-0.05, 0) is 36.4 Å². The smallest absolute Gasteiger partial charge is 0.101 e. The average molecular weight is 332 g/mol. The summed E-state index contributed by atoms with van der Waals surface area (Å²) in [6.07, 6.45) is 0. The molecule has 0 fully saturated rings. The summed E-state index contributed by atoms with van der Waals surface area (Å²) in [4.78, 5) is 8.01. The molecule has 0 amide bonds. The zero-order chi connectivity index (χ0) is 13.8. The number of rotatable bonds is 2. The van der Waals surface area contributed by atoms with Crippen LogP contribution in [0.4, 0.5) is 11.4 Å². The molecule has 0 atom stereocenters. The van der Waals surface area contributed by atoms with Crippen molar-refractivity contribution in [2.75, 3.05) is 0 Å². The van der Waals surface area contributed by atoms with E-state index in [0.717, 1.165) is 0 Å². The van der Waals surface area contributed by atoms with Gasteiger partial charge in [-0.15, -0.1) is 0 Å². The molecule has 0 spiro atoms. The van der Waals surface area contributed by atoms with E-state index in [0.29, 0.717) is 31.5 Å². The minimum Gasteiger partial charge on any atom is -0.186 e. The fourth-order valence-electron chi connectivity index (χ4n) is 1.28. The van der Waals surface area contributed by atoms with Gasteiger partial charge in [0.15, 0.2) is 0 Å². The Balaban J connectivity index is 2.29. The Morgan fingerprint density at radius 2 is 1.11 bits per heavy atom. The van der Waals surface area contributed by atoms with Gasteiger partial charge in [0.05, 0.1) is 21.4 Å². The summed E-state index contributed by atoms with van der Waals surface area (Å²) >= 11 is 23.5. The number of nitrogens with zero attached hydrogens (tertiary/aromatic N) is 2. The van der Waals surface area contributed by atoms with Crippen LogP contribution >= 0.6 is 46.4 Å². The molecule has 0 aliphatic heterocycles. The Morgan fingerprint density at radius 3 is 1.47 bits per heavy atom. The predicted molar refractivity (Wildman–Crippen MR) is 82.1 cm³/mol. The lowest BCUT2D eigenvalue weighted by molar-refractivity contribution is 1.49. The number of benzene rings is 2. The maximum Gasteiger partial charge on any atom is 0.101 e. The highest BCUT2D eigenvalue weighted by atomic mass is 35.5. The molecule has 0 saturated heterocycles. The van der Waals surface area contributed by atoms with Gasteiger partial charge in [0, 0.05) is 10.0 Å². The third-order valence-corrected chi connectivity index (χ3v) is 3.24. The fraction of sp³-hybridized carbons (Fsp3) is 0. The molecule has 2 aromatic carbocycles. The lowest BCUT2D eigenvalue weighted by Gasteiger charge is -1.96. The van der Waals surface area contributed by atoms with Crippen LogP contribution in [0.2, 0.25) is 20.1 Å². The molecule has 0 N–H and O–H groups in total. The fourth-order valence-corrected chi connectivity index (χ4v) is 2.18. The second-order valence-corrected chi connectivity index (χ2v) is 5.20. The van der Waals surface area contributed by atoms with Crippen molar-refractivity contribution in [3.05, 3.63) is 56.5 Å². The second-order valence-electron chi connectivity index (χ2n) is 3.52. The maximum atomic E-state index is 5.96. The molecule has 19 heavy (non-hydrogen) atoms. The van der Waals surface area contributed by atoms with Crippen LogP contribution < -0.4 is 0 Å². The highest BCUT2D eigenvalue weighted by Crippen LogP contribution is 2.29. The average Bonchev–Trinajstić information content (AvgIpc) is 2.34.